The fourth-order valence-corrected chi connectivity index (χ4v) is 2.56. The van der Waals surface area contributed by atoms with E-state index >= 15 is 0 Å². The molecule has 3 rings (SSSR count). The van der Waals surface area contributed by atoms with Crippen molar-refractivity contribution in [2.75, 3.05) is 0 Å². The van der Waals surface area contributed by atoms with Gasteiger partial charge in [0.1, 0.15) is 17.2 Å². The van der Waals surface area contributed by atoms with Gasteiger partial charge >= 0.3 is 0 Å². The average Bonchev–Trinajstić information content (AvgIpc) is 2.65. The predicted octanol–water partition coefficient (Wildman–Crippen LogP) is 3.74. The van der Waals surface area contributed by atoms with E-state index in [1.165, 1.54) is 0 Å². The van der Waals surface area contributed by atoms with Gasteiger partial charge in [-0.2, -0.15) is 0 Å². The molecule has 0 N–H and O–H groups in total. The van der Waals surface area contributed by atoms with Crippen LogP contribution < -0.4 is 0 Å². The molecular weight excluding hydrogens is 283 g/mol. The Morgan fingerprint density at radius 2 is 1.84 bits per heavy atom. The van der Waals surface area contributed by atoms with Crippen LogP contribution in [0.15, 0.2) is 24.3 Å². The van der Waals surface area contributed by atoms with Gasteiger partial charge < -0.3 is 0 Å². The minimum atomic E-state index is 0.392. The third-order valence-corrected chi connectivity index (χ3v) is 3.31. The van der Waals surface area contributed by atoms with Gasteiger partial charge in [-0.3, -0.25) is 4.57 Å². The summed E-state index contributed by atoms with van der Waals surface area (Å²) in [6.07, 6.45) is 0. The summed E-state index contributed by atoms with van der Waals surface area (Å²) in [6, 6.07) is 7.50. The highest BCUT2D eigenvalue weighted by molar-refractivity contribution is 6.33. The monoisotopic (exact) mass is 292 g/mol. The summed E-state index contributed by atoms with van der Waals surface area (Å²) in [5, 5.41) is 1.05. The second-order valence-corrected chi connectivity index (χ2v) is 5.00. The van der Waals surface area contributed by atoms with Gasteiger partial charge in [0.25, 0.3) is 0 Å². The largest absolute Gasteiger partial charge is 0.292 e. The molecule has 0 saturated carbocycles. The zero-order valence-corrected chi connectivity index (χ0v) is 11.9. The topological polar surface area (TPSA) is 43.6 Å². The number of rotatable bonds is 1. The minimum Gasteiger partial charge on any atom is -0.292 e. The van der Waals surface area contributed by atoms with Gasteiger partial charge in [0, 0.05) is 10.7 Å². The normalized spacial score (nSPS) is 11.2. The lowest BCUT2D eigenvalue weighted by Gasteiger charge is -2.07. The van der Waals surface area contributed by atoms with E-state index in [0.29, 0.717) is 27.2 Å². The van der Waals surface area contributed by atoms with E-state index in [0.717, 1.165) is 11.5 Å². The first-order chi connectivity index (χ1) is 9.06. The van der Waals surface area contributed by atoms with Crippen LogP contribution >= 0.6 is 23.2 Å². The molecule has 0 aliphatic carbocycles. The number of aryl methyl sites for hydroxylation is 2. The maximum absolute atomic E-state index is 6.23. The van der Waals surface area contributed by atoms with Crippen molar-refractivity contribution in [1.29, 1.82) is 0 Å². The summed E-state index contributed by atoms with van der Waals surface area (Å²) >= 11 is 12.3. The van der Waals surface area contributed by atoms with Crippen molar-refractivity contribution < 1.29 is 0 Å². The smallest absolute Gasteiger partial charge is 0.183 e. The zero-order valence-electron chi connectivity index (χ0n) is 10.4. The van der Waals surface area contributed by atoms with Crippen molar-refractivity contribution in [1.82, 2.24) is 19.5 Å². The number of hydrogen-bond donors (Lipinski definition) is 0. The molecule has 0 fully saturated rings. The van der Waals surface area contributed by atoms with Crippen molar-refractivity contribution in [3.8, 4) is 5.69 Å². The summed E-state index contributed by atoms with van der Waals surface area (Å²) in [7, 11) is 0. The molecule has 2 heterocycles. The quantitative estimate of drug-likeness (QED) is 0.642. The van der Waals surface area contributed by atoms with Crippen LogP contribution in [0.1, 0.15) is 11.6 Å². The molecular formula is C13H10Cl2N4. The van der Waals surface area contributed by atoms with Gasteiger partial charge in [0.05, 0.1) is 0 Å². The maximum Gasteiger partial charge on any atom is 0.183 e. The van der Waals surface area contributed by atoms with Crippen molar-refractivity contribution in [3.63, 3.8) is 0 Å². The second kappa shape index (κ2) is 4.47. The second-order valence-electron chi connectivity index (χ2n) is 4.21. The molecule has 6 heteroatoms. The molecule has 0 bridgehead atoms. The molecule has 19 heavy (non-hydrogen) atoms. The van der Waals surface area contributed by atoms with Crippen molar-refractivity contribution in [3.05, 3.63) is 46.1 Å². The highest BCUT2D eigenvalue weighted by atomic mass is 35.5. The van der Waals surface area contributed by atoms with Crippen molar-refractivity contribution in [2.24, 2.45) is 0 Å². The Morgan fingerprint density at radius 3 is 2.58 bits per heavy atom. The third kappa shape index (κ3) is 2.07. The molecule has 0 saturated heterocycles. The molecule has 0 atom stereocenters. The molecule has 0 radical (unpaired) electrons. The first kappa shape index (κ1) is 12.4. The van der Waals surface area contributed by atoms with E-state index in [2.05, 4.69) is 15.0 Å². The molecule has 96 valence electrons. The van der Waals surface area contributed by atoms with Crippen LogP contribution in [-0.2, 0) is 0 Å². The van der Waals surface area contributed by atoms with Crippen LogP contribution in [0.4, 0.5) is 0 Å². The molecule has 3 aromatic rings. The molecule has 4 nitrogen and oxygen atoms in total. The Bertz CT molecular complexity index is 780. The van der Waals surface area contributed by atoms with E-state index in [1.807, 2.05) is 35.8 Å². The summed E-state index contributed by atoms with van der Waals surface area (Å²) in [4.78, 5) is 12.9. The zero-order chi connectivity index (χ0) is 13.6. The predicted molar refractivity (Wildman–Crippen MR) is 76.2 cm³/mol. The first-order valence-electron chi connectivity index (χ1n) is 5.71. The van der Waals surface area contributed by atoms with Crippen LogP contribution in [0, 0.1) is 13.8 Å². The minimum absolute atomic E-state index is 0.392. The Morgan fingerprint density at radius 1 is 1.05 bits per heavy atom. The van der Waals surface area contributed by atoms with Crippen LogP contribution in [0.2, 0.25) is 10.2 Å². The molecule has 0 spiro atoms. The maximum atomic E-state index is 6.23. The third-order valence-electron chi connectivity index (χ3n) is 2.82. The number of hydrogen-bond acceptors (Lipinski definition) is 3. The lowest BCUT2D eigenvalue weighted by Crippen LogP contribution is -1.98. The Balaban J connectivity index is 2.38. The van der Waals surface area contributed by atoms with Gasteiger partial charge in [0.15, 0.2) is 10.8 Å². The Hall–Kier alpha value is -1.65. The summed E-state index contributed by atoms with van der Waals surface area (Å²) in [5.41, 5.74) is 2.18. The lowest BCUT2D eigenvalue weighted by atomic mass is 10.3. The van der Waals surface area contributed by atoms with Gasteiger partial charge in [-0.1, -0.05) is 29.3 Å². The molecule has 1 aromatic carbocycles. The van der Waals surface area contributed by atoms with Crippen molar-refractivity contribution >= 4 is 34.4 Å². The van der Waals surface area contributed by atoms with E-state index in [9.17, 15) is 0 Å². The van der Waals surface area contributed by atoms with E-state index < -0.39 is 0 Å². The van der Waals surface area contributed by atoms with Crippen LogP contribution in [0.25, 0.3) is 16.9 Å². The van der Waals surface area contributed by atoms with Crippen LogP contribution in [0.3, 0.4) is 0 Å². The first-order valence-corrected chi connectivity index (χ1v) is 6.47. The van der Waals surface area contributed by atoms with Crippen LogP contribution in [-0.4, -0.2) is 19.5 Å². The summed E-state index contributed by atoms with van der Waals surface area (Å²) in [5.74, 6) is 1.40. The fourth-order valence-electron chi connectivity index (χ4n) is 2.08. The molecule has 0 aliphatic rings. The Labute approximate surface area is 120 Å². The standard InChI is InChI=1S/C13H10Cl2N4/c1-7-16-12(15)11-13(17-7)18-8(2)19(11)10-5-3-4-9(14)6-10/h3-6H,1-2H3. The lowest BCUT2D eigenvalue weighted by molar-refractivity contribution is 0.998. The number of nitrogens with zero attached hydrogens (tertiary/aromatic N) is 4. The molecule has 0 amide bonds. The van der Waals surface area contributed by atoms with E-state index in [-0.39, 0.29) is 0 Å². The molecule has 0 unspecified atom stereocenters. The van der Waals surface area contributed by atoms with Gasteiger partial charge in [-0.15, -0.1) is 0 Å². The number of benzene rings is 1. The number of imidazole rings is 1. The number of aromatic nitrogens is 4. The van der Waals surface area contributed by atoms with E-state index in [4.69, 9.17) is 23.2 Å². The number of halogens is 2. The summed E-state index contributed by atoms with van der Waals surface area (Å²) < 4.78 is 1.91. The average molecular weight is 293 g/mol. The van der Waals surface area contributed by atoms with Gasteiger partial charge in [0.2, 0.25) is 0 Å². The summed E-state index contributed by atoms with van der Waals surface area (Å²) in [6.45, 7) is 3.69. The number of fused-ring (bicyclic) bond motifs is 1. The highest BCUT2D eigenvalue weighted by Crippen LogP contribution is 2.26. The molecule has 0 aliphatic heterocycles. The van der Waals surface area contributed by atoms with Gasteiger partial charge in [-0.25, -0.2) is 15.0 Å². The van der Waals surface area contributed by atoms with Gasteiger partial charge in [-0.05, 0) is 32.0 Å². The Kier molecular flexibility index (Phi) is 2.92. The van der Waals surface area contributed by atoms with E-state index in [1.54, 1.807) is 6.92 Å². The van der Waals surface area contributed by atoms with Crippen LogP contribution in [0.5, 0.6) is 0 Å². The SMILES string of the molecule is Cc1nc(Cl)c2c(n1)nc(C)n2-c1cccc(Cl)c1. The highest BCUT2D eigenvalue weighted by Gasteiger charge is 2.15. The molecule has 2 aromatic heterocycles. The fraction of sp³-hybridized carbons (Fsp3) is 0.154. The van der Waals surface area contributed by atoms with Crippen molar-refractivity contribution in [2.45, 2.75) is 13.8 Å².